The highest BCUT2D eigenvalue weighted by Crippen LogP contribution is 2.33. The van der Waals surface area contributed by atoms with E-state index < -0.39 is 40.6 Å². The van der Waals surface area contributed by atoms with Crippen molar-refractivity contribution in [3.8, 4) is 0 Å². The molecule has 0 saturated carbocycles. The van der Waals surface area contributed by atoms with Crippen molar-refractivity contribution in [1.29, 1.82) is 0 Å². The SMILES string of the molecule is CC(C)(C)OC(=O)N[C@@H](Cc1ccccc1)c1nc2c(C(F)(F)F)cccc2c(=O)o1. The lowest BCUT2D eigenvalue weighted by Gasteiger charge is -2.23. The maximum Gasteiger partial charge on any atom is 0.418 e. The first-order valence-corrected chi connectivity index (χ1v) is 9.48. The summed E-state index contributed by atoms with van der Waals surface area (Å²) in [6.45, 7) is 5.01. The van der Waals surface area contributed by atoms with Gasteiger partial charge in [0.2, 0.25) is 5.89 Å². The van der Waals surface area contributed by atoms with Crippen LogP contribution in [0.15, 0.2) is 57.7 Å². The largest absolute Gasteiger partial charge is 0.444 e. The molecule has 9 heteroatoms. The lowest BCUT2D eigenvalue weighted by molar-refractivity contribution is -0.136. The van der Waals surface area contributed by atoms with Gasteiger partial charge in [0.15, 0.2) is 0 Å². The van der Waals surface area contributed by atoms with Gasteiger partial charge in [-0.2, -0.15) is 13.2 Å². The van der Waals surface area contributed by atoms with Crippen LogP contribution in [0.25, 0.3) is 10.9 Å². The fourth-order valence-electron chi connectivity index (χ4n) is 2.99. The van der Waals surface area contributed by atoms with Crippen LogP contribution in [0.4, 0.5) is 18.0 Å². The molecule has 1 aromatic heterocycles. The molecule has 0 aliphatic heterocycles. The summed E-state index contributed by atoms with van der Waals surface area (Å²) in [5, 5.41) is 2.25. The Morgan fingerprint density at radius 2 is 1.77 bits per heavy atom. The van der Waals surface area contributed by atoms with Gasteiger partial charge in [0.25, 0.3) is 0 Å². The average Bonchev–Trinajstić information content (AvgIpc) is 2.65. The summed E-state index contributed by atoms with van der Waals surface area (Å²) >= 11 is 0. The maximum atomic E-state index is 13.5. The van der Waals surface area contributed by atoms with Crippen LogP contribution >= 0.6 is 0 Å². The van der Waals surface area contributed by atoms with Crippen LogP contribution < -0.4 is 10.9 Å². The summed E-state index contributed by atoms with van der Waals surface area (Å²) in [5.41, 5.74) is -2.63. The number of rotatable bonds is 4. The number of fused-ring (bicyclic) bond motifs is 1. The summed E-state index contributed by atoms with van der Waals surface area (Å²) in [6.07, 6.45) is -5.41. The first-order valence-electron chi connectivity index (χ1n) is 9.48. The van der Waals surface area contributed by atoms with E-state index in [9.17, 15) is 22.8 Å². The number of alkyl carbamates (subject to hydrolysis) is 1. The van der Waals surface area contributed by atoms with Crippen molar-refractivity contribution in [2.75, 3.05) is 0 Å². The Bertz CT molecular complexity index is 1140. The molecule has 164 valence electrons. The van der Waals surface area contributed by atoms with Gasteiger partial charge in [-0.15, -0.1) is 0 Å². The first kappa shape index (κ1) is 22.3. The summed E-state index contributed by atoms with van der Waals surface area (Å²) in [7, 11) is 0. The van der Waals surface area contributed by atoms with Crippen molar-refractivity contribution in [1.82, 2.24) is 10.3 Å². The normalized spacial score (nSPS) is 13.1. The van der Waals surface area contributed by atoms with Crippen molar-refractivity contribution in [2.24, 2.45) is 0 Å². The Morgan fingerprint density at radius 3 is 2.39 bits per heavy atom. The number of halogens is 3. The molecule has 0 spiro atoms. The number of para-hydroxylation sites is 1. The van der Waals surface area contributed by atoms with E-state index in [1.54, 1.807) is 51.1 Å². The van der Waals surface area contributed by atoms with Gasteiger partial charge < -0.3 is 14.5 Å². The molecule has 0 fully saturated rings. The third kappa shape index (κ3) is 5.62. The second-order valence-corrected chi connectivity index (χ2v) is 7.93. The van der Waals surface area contributed by atoms with E-state index in [1.807, 2.05) is 0 Å². The Hall–Kier alpha value is -3.36. The zero-order valence-electron chi connectivity index (χ0n) is 17.1. The molecule has 0 aliphatic rings. The van der Waals surface area contributed by atoms with Gasteiger partial charge in [0.05, 0.1) is 16.5 Å². The van der Waals surface area contributed by atoms with E-state index in [0.29, 0.717) is 0 Å². The lowest BCUT2D eigenvalue weighted by Crippen LogP contribution is -2.36. The minimum atomic E-state index is -4.72. The Balaban J connectivity index is 2.09. The van der Waals surface area contributed by atoms with Crippen LogP contribution in [-0.2, 0) is 17.3 Å². The van der Waals surface area contributed by atoms with Crippen molar-refractivity contribution in [3.05, 3.63) is 76.0 Å². The zero-order chi connectivity index (χ0) is 22.8. The third-order valence-corrected chi connectivity index (χ3v) is 4.25. The Labute approximate surface area is 176 Å². The summed E-state index contributed by atoms with van der Waals surface area (Å²) < 4.78 is 50.9. The summed E-state index contributed by atoms with van der Waals surface area (Å²) in [4.78, 5) is 28.8. The minimum absolute atomic E-state index is 0.121. The summed E-state index contributed by atoms with van der Waals surface area (Å²) in [5.74, 6) is -0.344. The number of ether oxygens (including phenoxy) is 1. The van der Waals surface area contributed by atoms with E-state index in [0.717, 1.165) is 17.7 Å². The molecule has 6 nitrogen and oxygen atoms in total. The van der Waals surface area contributed by atoms with E-state index in [1.165, 1.54) is 6.07 Å². The van der Waals surface area contributed by atoms with Crippen molar-refractivity contribution in [2.45, 2.75) is 45.0 Å². The topological polar surface area (TPSA) is 81.4 Å². The number of aromatic nitrogens is 1. The van der Waals surface area contributed by atoms with Crippen molar-refractivity contribution in [3.63, 3.8) is 0 Å². The van der Waals surface area contributed by atoms with Gasteiger partial charge in [-0.1, -0.05) is 36.4 Å². The number of hydrogen-bond acceptors (Lipinski definition) is 5. The number of amides is 1. The van der Waals surface area contributed by atoms with Gasteiger partial charge in [-0.05, 0) is 38.5 Å². The number of hydrogen-bond donors (Lipinski definition) is 1. The van der Waals surface area contributed by atoms with Gasteiger partial charge in [-0.3, -0.25) is 0 Å². The smallest absolute Gasteiger partial charge is 0.418 e. The molecule has 0 unspecified atom stereocenters. The Kier molecular flexibility index (Phi) is 6.06. The van der Waals surface area contributed by atoms with Crippen LogP contribution in [0.5, 0.6) is 0 Å². The van der Waals surface area contributed by atoms with E-state index in [4.69, 9.17) is 9.15 Å². The van der Waals surface area contributed by atoms with Crippen LogP contribution in [0.2, 0.25) is 0 Å². The van der Waals surface area contributed by atoms with Gasteiger partial charge >= 0.3 is 17.9 Å². The summed E-state index contributed by atoms with van der Waals surface area (Å²) in [6, 6.07) is 11.0. The molecule has 1 heterocycles. The predicted molar refractivity (Wildman–Crippen MR) is 108 cm³/mol. The van der Waals surface area contributed by atoms with E-state index in [2.05, 4.69) is 10.3 Å². The second-order valence-electron chi connectivity index (χ2n) is 7.93. The van der Waals surface area contributed by atoms with Crippen molar-refractivity contribution < 1.29 is 27.1 Å². The van der Waals surface area contributed by atoms with Crippen LogP contribution in [0, 0.1) is 0 Å². The van der Waals surface area contributed by atoms with Gasteiger partial charge in [-0.25, -0.2) is 14.6 Å². The number of carbonyl (C=O) groups is 1. The molecule has 1 amide bonds. The first-order chi connectivity index (χ1) is 14.4. The molecule has 3 rings (SSSR count). The number of nitrogens with zero attached hydrogens (tertiary/aromatic N) is 1. The van der Waals surface area contributed by atoms with Crippen molar-refractivity contribution >= 4 is 17.0 Å². The fourth-order valence-corrected chi connectivity index (χ4v) is 2.99. The van der Waals surface area contributed by atoms with Gasteiger partial charge in [0, 0.05) is 6.42 Å². The van der Waals surface area contributed by atoms with Crippen LogP contribution in [0.3, 0.4) is 0 Å². The highest BCUT2D eigenvalue weighted by molar-refractivity contribution is 5.81. The number of alkyl halides is 3. The minimum Gasteiger partial charge on any atom is -0.444 e. The molecular formula is C22H21F3N2O4. The quantitative estimate of drug-likeness (QED) is 0.624. The predicted octanol–water partition coefficient (Wildman–Crippen LogP) is 5.02. The van der Waals surface area contributed by atoms with Crippen LogP contribution in [-0.4, -0.2) is 16.7 Å². The molecule has 0 aliphatic carbocycles. The molecule has 1 atom stereocenters. The lowest BCUT2D eigenvalue weighted by atomic mass is 10.1. The fraction of sp³-hybridized carbons (Fsp3) is 0.318. The molecule has 31 heavy (non-hydrogen) atoms. The monoisotopic (exact) mass is 434 g/mol. The molecule has 1 N–H and O–H groups in total. The number of carbonyl (C=O) groups excluding carboxylic acids is 1. The Morgan fingerprint density at radius 1 is 1.10 bits per heavy atom. The molecule has 0 bridgehead atoms. The zero-order valence-corrected chi connectivity index (χ0v) is 17.1. The van der Waals surface area contributed by atoms with E-state index >= 15 is 0 Å². The molecule has 3 aromatic rings. The van der Waals surface area contributed by atoms with Gasteiger partial charge in [0.1, 0.15) is 11.6 Å². The highest BCUT2D eigenvalue weighted by Gasteiger charge is 2.34. The molecule has 0 saturated heterocycles. The average molecular weight is 434 g/mol. The standard InChI is InChI=1S/C22H21F3N2O4/c1-21(2,3)31-20(29)26-16(12-13-8-5-4-6-9-13)18-27-17-14(19(28)30-18)10-7-11-15(17)22(23,24)25/h4-11,16H,12H2,1-3H3,(H,26,29)/t16-/m0/s1. The maximum absolute atomic E-state index is 13.5. The molecular weight excluding hydrogens is 413 g/mol. The second kappa shape index (κ2) is 8.41. The van der Waals surface area contributed by atoms with Crippen LogP contribution in [0.1, 0.15) is 43.8 Å². The number of nitrogens with one attached hydrogen (secondary N) is 1. The number of benzene rings is 2. The molecule has 2 aromatic carbocycles. The molecule has 0 radical (unpaired) electrons. The third-order valence-electron chi connectivity index (χ3n) is 4.25. The highest BCUT2D eigenvalue weighted by atomic mass is 19.4. The van der Waals surface area contributed by atoms with E-state index in [-0.39, 0.29) is 17.7 Å².